The fraction of sp³-hybridized carbons (Fsp3) is 0.0870. The molecular formula is C23H19ClN8O3. The van der Waals surface area contributed by atoms with Crippen molar-refractivity contribution in [1.29, 1.82) is 0 Å². The number of hydrazine groups is 1. The van der Waals surface area contributed by atoms with Crippen LogP contribution in [-0.2, 0) is 0 Å². The molecule has 0 unspecified atom stereocenters. The number of nitrogens with zero attached hydrogens (tertiary/aromatic N) is 5. The molecule has 0 aliphatic rings. The van der Waals surface area contributed by atoms with Crippen molar-refractivity contribution in [3.8, 4) is 17.1 Å². The Labute approximate surface area is 204 Å². The summed E-state index contributed by atoms with van der Waals surface area (Å²) in [5.41, 5.74) is 12.2. The summed E-state index contributed by atoms with van der Waals surface area (Å²) in [5, 5.41) is 12.2. The molecule has 0 atom stereocenters. The van der Waals surface area contributed by atoms with E-state index >= 15 is 0 Å². The van der Waals surface area contributed by atoms with Crippen molar-refractivity contribution in [1.82, 2.24) is 20.3 Å². The average Bonchev–Trinajstić information content (AvgIpc) is 3.53. The monoisotopic (exact) mass is 490 g/mol. The van der Waals surface area contributed by atoms with E-state index in [0.717, 1.165) is 16.8 Å². The second-order valence-corrected chi connectivity index (χ2v) is 7.78. The average molecular weight is 491 g/mol. The van der Waals surface area contributed by atoms with Gasteiger partial charge >= 0.3 is 0 Å². The van der Waals surface area contributed by atoms with Gasteiger partial charge in [-0.1, -0.05) is 29.3 Å². The van der Waals surface area contributed by atoms with Gasteiger partial charge in [-0.25, -0.2) is 4.63 Å². The molecule has 12 heteroatoms. The molecule has 0 bridgehead atoms. The van der Waals surface area contributed by atoms with Gasteiger partial charge < -0.3 is 9.15 Å². The van der Waals surface area contributed by atoms with Crippen molar-refractivity contribution in [2.24, 2.45) is 5.10 Å². The summed E-state index contributed by atoms with van der Waals surface area (Å²) >= 11 is 6.21. The van der Waals surface area contributed by atoms with Crippen molar-refractivity contribution in [2.75, 3.05) is 23.4 Å². The van der Waals surface area contributed by atoms with Gasteiger partial charge in [0.2, 0.25) is 11.3 Å². The first-order valence-corrected chi connectivity index (χ1v) is 10.8. The number of aromatic nitrogens is 4. The molecule has 0 spiro atoms. The highest BCUT2D eigenvalue weighted by molar-refractivity contribution is 6.32. The van der Waals surface area contributed by atoms with E-state index in [2.05, 4.69) is 41.7 Å². The number of aryl methyl sites for hydroxylation is 1. The molecule has 0 saturated heterocycles. The summed E-state index contributed by atoms with van der Waals surface area (Å²) in [6.45, 7) is 2.02. The Balaban J connectivity index is 1.32. The van der Waals surface area contributed by atoms with E-state index in [-0.39, 0.29) is 11.3 Å². The molecule has 0 saturated carbocycles. The Morgan fingerprint density at radius 3 is 2.46 bits per heavy atom. The van der Waals surface area contributed by atoms with Gasteiger partial charge in [0.1, 0.15) is 17.3 Å². The molecule has 3 aromatic heterocycles. The molecule has 0 radical (unpaired) electrons. The highest BCUT2D eigenvalue weighted by Gasteiger charge is 2.13. The topological polar surface area (TPSA) is 136 Å². The Morgan fingerprint density at radius 1 is 0.943 bits per heavy atom. The van der Waals surface area contributed by atoms with Crippen LogP contribution < -0.4 is 21.0 Å². The third kappa shape index (κ3) is 4.99. The molecule has 0 fully saturated rings. The smallest absolute Gasteiger partial charge is 0.245 e. The van der Waals surface area contributed by atoms with Crippen LogP contribution in [0.5, 0.6) is 5.75 Å². The molecule has 5 rings (SSSR count). The maximum absolute atomic E-state index is 6.21. The molecule has 0 aliphatic carbocycles. The summed E-state index contributed by atoms with van der Waals surface area (Å²) in [5.74, 6) is 2.39. The number of ether oxygens (including phenoxy) is 1. The van der Waals surface area contributed by atoms with Gasteiger partial charge in [-0.3, -0.25) is 16.3 Å². The van der Waals surface area contributed by atoms with E-state index in [9.17, 15) is 0 Å². The standard InChI is InChI=1S/C23H19ClN8O3/c1-13-3-6-15(7-4-13)28-30-21-20(26-22-23(27-21)32-35-31-22)29-25-12-16-8-10-18(34-16)14-5-9-19(33-2)17(24)11-14/h3-12,28H,1-2H3,(H,26,29,31)(H,27,30,32)/b25-12+. The predicted octanol–water partition coefficient (Wildman–Crippen LogP) is 5.13. The molecule has 35 heavy (non-hydrogen) atoms. The van der Waals surface area contributed by atoms with Crippen molar-refractivity contribution >= 4 is 46.4 Å². The van der Waals surface area contributed by atoms with Crippen LogP contribution >= 0.6 is 11.6 Å². The van der Waals surface area contributed by atoms with Gasteiger partial charge in [0, 0.05) is 5.56 Å². The Kier molecular flexibility index (Phi) is 6.14. The number of halogens is 1. The summed E-state index contributed by atoms with van der Waals surface area (Å²) in [6.07, 6.45) is 1.51. The van der Waals surface area contributed by atoms with Crippen LogP contribution in [0.1, 0.15) is 11.3 Å². The number of furan rings is 1. The van der Waals surface area contributed by atoms with E-state index in [1.165, 1.54) is 6.21 Å². The van der Waals surface area contributed by atoms with Crippen LogP contribution in [0.15, 0.2) is 68.7 Å². The van der Waals surface area contributed by atoms with Crippen molar-refractivity contribution in [2.45, 2.75) is 6.92 Å². The van der Waals surface area contributed by atoms with E-state index < -0.39 is 0 Å². The molecule has 0 amide bonds. The van der Waals surface area contributed by atoms with E-state index in [1.54, 1.807) is 25.3 Å². The Bertz CT molecular complexity index is 1500. The van der Waals surface area contributed by atoms with E-state index in [4.69, 9.17) is 25.4 Å². The lowest BCUT2D eigenvalue weighted by molar-refractivity contribution is 0.314. The first kappa shape index (κ1) is 22.2. The van der Waals surface area contributed by atoms with Gasteiger partial charge in [0.25, 0.3) is 0 Å². The highest BCUT2D eigenvalue weighted by Crippen LogP contribution is 2.31. The Hall–Kier alpha value is -4.64. The second kappa shape index (κ2) is 9.69. The lowest BCUT2D eigenvalue weighted by atomic mass is 10.2. The second-order valence-electron chi connectivity index (χ2n) is 7.37. The fourth-order valence-electron chi connectivity index (χ4n) is 3.13. The van der Waals surface area contributed by atoms with Crippen LogP contribution in [0, 0.1) is 6.92 Å². The number of hydrazone groups is 1. The van der Waals surface area contributed by atoms with E-state index in [1.807, 2.05) is 43.3 Å². The minimum atomic E-state index is 0.236. The lowest BCUT2D eigenvalue weighted by Crippen LogP contribution is -2.13. The molecule has 3 N–H and O–H groups in total. The largest absolute Gasteiger partial charge is 0.495 e. The van der Waals surface area contributed by atoms with Gasteiger partial charge in [-0.05, 0) is 59.7 Å². The molecule has 2 aromatic carbocycles. The minimum absolute atomic E-state index is 0.236. The maximum Gasteiger partial charge on any atom is 0.245 e. The molecule has 5 aromatic rings. The third-order valence-corrected chi connectivity index (χ3v) is 5.21. The lowest BCUT2D eigenvalue weighted by Gasteiger charge is -2.11. The van der Waals surface area contributed by atoms with Gasteiger partial charge in [0.15, 0.2) is 11.6 Å². The van der Waals surface area contributed by atoms with Gasteiger partial charge in [-0.15, -0.1) is 0 Å². The first-order valence-electron chi connectivity index (χ1n) is 10.4. The Morgan fingerprint density at radius 2 is 1.71 bits per heavy atom. The first-order chi connectivity index (χ1) is 17.1. The van der Waals surface area contributed by atoms with Crippen LogP contribution in [-0.4, -0.2) is 33.6 Å². The number of fused-ring (bicyclic) bond motifs is 1. The molecule has 11 nitrogen and oxygen atoms in total. The zero-order valence-corrected chi connectivity index (χ0v) is 19.4. The number of anilines is 3. The van der Waals surface area contributed by atoms with Crippen molar-refractivity contribution in [3.05, 3.63) is 70.9 Å². The predicted molar refractivity (Wildman–Crippen MR) is 133 cm³/mol. The minimum Gasteiger partial charge on any atom is -0.495 e. The molecule has 176 valence electrons. The van der Waals surface area contributed by atoms with E-state index in [0.29, 0.717) is 33.9 Å². The zero-order chi connectivity index (χ0) is 24.2. The molecule has 3 heterocycles. The van der Waals surface area contributed by atoms with Crippen molar-refractivity contribution in [3.63, 3.8) is 0 Å². The molecular weight excluding hydrogens is 472 g/mol. The number of methoxy groups -OCH3 is 1. The highest BCUT2D eigenvalue weighted by atomic mass is 35.5. The van der Waals surface area contributed by atoms with Crippen molar-refractivity contribution < 1.29 is 13.8 Å². The fourth-order valence-corrected chi connectivity index (χ4v) is 3.38. The normalized spacial score (nSPS) is 11.2. The van der Waals surface area contributed by atoms with Gasteiger partial charge in [-0.2, -0.15) is 15.1 Å². The molecule has 0 aliphatic heterocycles. The SMILES string of the molecule is COc1ccc(-c2ccc(/C=N/Nc3nc4nonc4nc3NNc3ccc(C)cc3)o2)cc1Cl. The maximum atomic E-state index is 6.21. The van der Waals surface area contributed by atoms with Gasteiger partial charge in [0.05, 0.1) is 24.0 Å². The van der Waals surface area contributed by atoms with Crippen LogP contribution in [0.2, 0.25) is 5.02 Å². The quantitative estimate of drug-likeness (QED) is 0.198. The number of hydrogen-bond donors (Lipinski definition) is 3. The zero-order valence-electron chi connectivity index (χ0n) is 18.6. The van der Waals surface area contributed by atoms with Crippen LogP contribution in [0.4, 0.5) is 17.3 Å². The number of nitrogens with one attached hydrogen (secondary N) is 3. The summed E-state index contributed by atoms with van der Waals surface area (Å²) < 4.78 is 15.8. The summed E-state index contributed by atoms with van der Waals surface area (Å²) in [7, 11) is 1.57. The number of rotatable bonds is 8. The van der Waals surface area contributed by atoms with Crippen LogP contribution in [0.3, 0.4) is 0 Å². The summed E-state index contributed by atoms with van der Waals surface area (Å²) in [4.78, 5) is 8.73. The van der Waals surface area contributed by atoms with Crippen LogP contribution in [0.25, 0.3) is 22.6 Å². The number of benzene rings is 2. The number of hydrogen-bond acceptors (Lipinski definition) is 11. The third-order valence-electron chi connectivity index (χ3n) is 4.92. The summed E-state index contributed by atoms with van der Waals surface area (Å²) in [6, 6.07) is 16.9.